The van der Waals surface area contributed by atoms with Crippen molar-refractivity contribution in [2.75, 3.05) is 0 Å². The predicted octanol–water partition coefficient (Wildman–Crippen LogP) is 4.00. The zero-order valence-corrected chi connectivity index (χ0v) is 9.33. The fraction of sp³-hybridized carbons (Fsp3) is 0.125. The van der Waals surface area contributed by atoms with E-state index >= 15 is 0 Å². The molecule has 0 fully saturated rings. The Labute approximate surface area is 95.6 Å². The smallest absolute Gasteiger partial charge is 0.334 e. The van der Waals surface area contributed by atoms with E-state index in [4.69, 9.17) is 11.6 Å². The van der Waals surface area contributed by atoms with E-state index < -0.39 is 12.0 Å². The maximum absolute atomic E-state index is 12.3. The maximum Gasteiger partial charge on any atom is 0.449 e. The van der Waals surface area contributed by atoms with Crippen molar-refractivity contribution in [3.8, 4) is 0 Å². The Bertz CT molecular complexity index is 481. The number of hydrogen-bond acceptors (Lipinski definition) is 1. The van der Waals surface area contributed by atoms with Crippen LogP contribution in [0.5, 0.6) is 0 Å². The Balaban J connectivity index is 2.66. The molecule has 1 aromatic carbocycles. The second-order valence-corrected chi connectivity index (χ2v) is 4.13. The molecule has 0 saturated heterocycles. The van der Waals surface area contributed by atoms with Gasteiger partial charge in [-0.05, 0) is 28.1 Å². The number of halogens is 5. The third-order valence-corrected chi connectivity index (χ3v) is 2.99. The first-order valence-electron chi connectivity index (χ1n) is 3.80. The molecule has 2 nitrogen and oxygen atoms in total. The van der Waals surface area contributed by atoms with E-state index in [1.54, 1.807) is 0 Å². The Morgan fingerprint density at radius 2 is 2.00 bits per heavy atom. The van der Waals surface area contributed by atoms with Crippen LogP contribution >= 0.6 is 27.5 Å². The van der Waals surface area contributed by atoms with Crippen molar-refractivity contribution >= 4 is 38.6 Å². The molecule has 0 aliphatic heterocycles. The number of aromatic nitrogens is 2. The molecule has 15 heavy (non-hydrogen) atoms. The van der Waals surface area contributed by atoms with Gasteiger partial charge in [-0.25, -0.2) is 4.98 Å². The molecule has 0 spiro atoms. The molecule has 2 rings (SSSR count). The van der Waals surface area contributed by atoms with Gasteiger partial charge in [0.05, 0.1) is 16.1 Å². The van der Waals surface area contributed by atoms with Gasteiger partial charge in [0.1, 0.15) is 0 Å². The molecular weight excluding hydrogens is 296 g/mol. The molecule has 0 bridgehead atoms. The first-order valence-corrected chi connectivity index (χ1v) is 4.97. The minimum atomic E-state index is -4.47. The molecule has 2 aromatic rings. The molecule has 1 N–H and O–H groups in total. The Morgan fingerprint density at radius 1 is 1.33 bits per heavy atom. The number of H-pyrrole nitrogens is 1. The summed E-state index contributed by atoms with van der Waals surface area (Å²) in [5, 5.41) is 0.333. The number of fused-ring (bicyclic) bond motifs is 1. The molecule has 80 valence electrons. The van der Waals surface area contributed by atoms with E-state index in [9.17, 15) is 13.2 Å². The third kappa shape index (κ3) is 1.96. The van der Waals surface area contributed by atoms with Crippen molar-refractivity contribution in [1.82, 2.24) is 9.97 Å². The van der Waals surface area contributed by atoms with Crippen LogP contribution in [0.4, 0.5) is 13.2 Å². The monoisotopic (exact) mass is 298 g/mol. The molecule has 7 heteroatoms. The number of nitrogens with one attached hydrogen (secondary N) is 1. The van der Waals surface area contributed by atoms with E-state index in [-0.39, 0.29) is 11.0 Å². The Hall–Kier alpha value is -0.750. The van der Waals surface area contributed by atoms with Crippen LogP contribution in [0.2, 0.25) is 5.02 Å². The van der Waals surface area contributed by atoms with Gasteiger partial charge in [-0.2, -0.15) is 13.2 Å². The summed E-state index contributed by atoms with van der Waals surface area (Å²) in [6.07, 6.45) is -4.47. The van der Waals surface area contributed by atoms with Crippen LogP contribution in [0.3, 0.4) is 0 Å². The number of alkyl halides is 3. The zero-order chi connectivity index (χ0) is 11.2. The van der Waals surface area contributed by atoms with Gasteiger partial charge >= 0.3 is 6.18 Å². The highest BCUT2D eigenvalue weighted by atomic mass is 79.9. The van der Waals surface area contributed by atoms with Gasteiger partial charge in [0, 0.05) is 4.47 Å². The van der Waals surface area contributed by atoms with Gasteiger partial charge in [0.15, 0.2) is 0 Å². The fourth-order valence-corrected chi connectivity index (χ4v) is 1.63. The van der Waals surface area contributed by atoms with Crippen LogP contribution in [0.1, 0.15) is 5.82 Å². The summed E-state index contributed by atoms with van der Waals surface area (Å²) in [5.74, 6) is -1.02. The average Bonchev–Trinajstić information content (AvgIpc) is 2.47. The summed E-state index contributed by atoms with van der Waals surface area (Å²) < 4.78 is 37.4. The molecule has 0 unspecified atom stereocenters. The Kier molecular flexibility index (Phi) is 2.42. The zero-order valence-electron chi connectivity index (χ0n) is 6.99. The van der Waals surface area contributed by atoms with Gasteiger partial charge < -0.3 is 4.98 Å². The SMILES string of the molecule is FC(F)(F)c1nc2cc(Br)c(Cl)cc2[nH]1. The summed E-state index contributed by atoms with van der Waals surface area (Å²) in [5.41, 5.74) is 0.481. The van der Waals surface area contributed by atoms with Crippen LogP contribution in [0.25, 0.3) is 11.0 Å². The number of hydrogen-bond donors (Lipinski definition) is 1. The van der Waals surface area contributed by atoms with Crippen LogP contribution < -0.4 is 0 Å². The van der Waals surface area contributed by atoms with Gasteiger partial charge in [-0.1, -0.05) is 11.6 Å². The van der Waals surface area contributed by atoms with Gasteiger partial charge in [-0.3, -0.25) is 0 Å². The second-order valence-electron chi connectivity index (χ2n) is 2.87. The summed E-state index contributed by atoms with van der Waals surface area (Å²) >= 11 is 8.84. The van der Waals surface area contributed by atoms with Gasteiger partial charge in [0.2, 0.25) is 5.82 Å². The van der Waals surface area contributed by atoms with Crippen molar-refractivity contribution < 1.29 is 13.2 Å². The van der Waals surface area contributed by atoms with E-state index in [1.165, 1.54) is 12.1 Å². The number of aromatic amines is 1. The second kappa shape index (κ2) is 3.38. The standard InChI is InChI=1S/C8H3BrClF3N2/c9-3-1-5-6(2-4(3)10)15-7(14-5)8(11,12)13/h1-2H,(H,14,15). The Morgan fingerprint density at radius 3 is 2.60 bits per heavy atom. The first kappa shape index (κ1) is 10.8. The third-order valence-electron chi connectivity index (χ3n) is 1.79. The molecule has 0 aliphatic carbocycles. The van der Waals surface area contributed by atoms with Crippen molar-refractivity contribution in [2.45, 2.75) is 6.18 Å². The van der Waals surface area contributed by atoms with Crippen molar-refractivity contribution in [3.05, 3.63) is 27.5 Å². The molecule has 0 radical (unpaired) electrons. The van der Waals surface area contributed by atoms with Crippen LogP contribution in [-0.2, 0) is 6.18 Å². The summed E-state index contributed by atoms with van der Waals surface area (Å²) in [6, 6.07) is 2.83. The minimum Gasteiger partial charge on any atom is -0.334 e. The maximum atomic E-state index is 12.3. The molecule has 0 aliphatic rings. The number of rotatable bonds is 0. The molecule has 0 amide bonds. The van der Waals surface area contributed by atoms with Crippen molar-refractivity contribution in [2.24, 2.45) is 0 Å². The van der Waals surface area contributed by atoms with E-state index in [0.29, 0.717) is 9.50 Å². The molecule has 0 saturated carbocycles. The lowest BCUT2D eigenvalue weighted by Gasteiger charge is -1.98. The average molecular weight is 299 g/mol. The predicted molar refractivity (Wildman–Crippen MR) is 53.8 cm³/mol. The van der Waals surface area contributed by atoms with Crippen LogP contribution in [-0.4, -0.2) is 9.97 Å². The fourth-order valence-electron chi connectivity index (χ4n) is 1.14. The quantitative estimate of drug-likeness (QED) is 0.782. The highest BCUT2D eigenvalue weighted by molar-refractivity contribution is 9.10. The molecule has 1 aromatic heterocycles. The number of nitrogens with zero attached hydrogens (tertiary/aromatic N) is 1. The van der Waals surface area contributed by atoms with Crippen molar-refractivity contribution in [1.29, 1.82) is 0 Å². The van der Waals surface area contributed by atoms with Crippen molar-refractivity contribution in [3.63, 3.8) is 0 Å². The molecule has 1 heterocycles. The highest BCUT2D eigenvalue weighted by Gasteiger charge is 2.34. The topological polar surface area (TPSA) is 28.7 Å². The summed E-state index contributed by atoms with van der Waals surface area (Å²) in [7, 11) is 0. The lowest BCUT2D eigenvalue weighted by atomic mass is 10.3. The highest BCUT2D eigenvalue weighted by Crippen LogP contribution is 2.31. The summed E-state index contributed by atoms with van der Waals surface area (Å²) in [4.78, 5) is 5.58. The van der Waals surface area contributed by atoms with E-state index in [1.807, 2.05) is 0 Å². The number of imidazole rings is 1. The van der Waals surface area contributed by atoms with Crippen LogP contribution in [0.15, 0.2) is 16.6 Å². The summed E-state index contributed by atoms with van der Waals surface area (Å²) in [6.45, 7) is 0. The van der Waals surface area contributed by atoms with Gasteiger partial charge in [-0.15, -0.1) is 0 Å². The molecule has 0 atom stereocenters. The normalized spacial score (nSPS) is 12.3. The lowest BCUT2D eigenvalue weighted by molar-refractivity contribution is -0.144. The molecular formula is C8H3BrClF3N2. The van der Waals surface area contributed by atoms with E-state index in [2.05, 4.69) is 25.9 Å². The minimum absolute atomic E-state index is 0.221. The van der Waals surface area contributed by atoms with Crippen LogP contribution in [0, 0.1) is 0 Å². The number of benzene rings is 1. The lowest BCUT2D eigenvalue weighted by Crippen LogP contribution is -2.06. The first-order chi connectivity index (χ1) is 6.88. The van der Waals surface area contributed by atoms with Gasteiger partial charge in [0.25, 0.3) is 0 Å². The largest absolute Gasteiger partial charge is 0.449 e. The van der Waals surface area contributed by atoms with E-state index in [0.717, 1.165) is 0 Å².